The number of ether oxygens (including phenoxy) is 1. The van der Waals surface area contributed by atoms with Gasteiger partial charge < -0.3 is 10.1 Å². The minimum absolute atomic E-state index is 0.707. The zero-order valence-electron chi connectivity index (χ0n) is 9.87. The van der Waals surface area contributed by atoms with Gasteiger partial charge >= 0.3 is 0 Å². The summed E-state index contributed by atoms with van der Waals surface area (Å²) in [5.41, 5.74) is 0. The lowest BCUT2D eigenvalue weighted by atomic mass is 10.1. The highest BCUT2D eigenvalue weighted by Crippen LogP contribution is 2.33. The van der Waals surface area contributed by atoms with Crippen LogP contribution in [-0.2, 0) is 4.74 Å². The van der Waals surface area contributed by atoms with Gasteiger partial charge in [0.05, 0.1) is 13.2 Å². The highest BCUT2D eigenvalue weighted by molar-refractivity contribution is 4.78. The zero-order chi connectivity index (χ0) is 10.5. The van der Waals surface area contributed by atoms with Gasteiger partial charge in [0.2, 0.25) is 0 Å². The number of nitrogens with one attached hydrogen (secondary N) is 1. The predicted molar refractivity (Wildman–Crippen MR) is 62.1 cm³/mol. The largest absolute Gasteiger partial charge is 0.379 e. The van der Waals surface area contributed by atoms with E-state index in [-0.39, 0.29) is 0 Å². The van der Waals surface area contributed by atoms with E-state index in [1.165, 1.54) is 25.8 Å². The summed E-state index contributed by atoms with van der Waals surface area (Å²) in [5, 5.41) is 3.62. The van der Waals surface area contributed by atoms with Gasteiger partial charge in [0.25, 0.3) is 0 Å². The predicted octanol–water partition coefficient (Wildman–Crippen LogP) is 1.10. The fourth-order valence-electron chi connectivity index (χ4n) is 2.23. The second-order valence-electron chi connectivity index (χ2n) is 4.99. The van der Waals surface area contributed by atoms with Crippen LogP contribution in [0.25, 0.3) is 0 Å². The lowest BCUT2D eigenvalue weighted by Gasteiger charge is -2.27. The Morgan fingerprint density at radius 1 is 1.33 bits per heavy atom. The van der Waals surface area contributed by atoms with Crippen molar-refractivity contribution >= 4 is 0 Å². The fraction of sp³-hybridized carbons (Fsp3) is 1.00. The summed E-state index contributed by atoms with van der Waals surface area (Å²) >= 11 is 0. The third-order valence-corrected chi connectivity index (χ3v) is 3.41. The average molecular weight is 212 g/mol. The van der Waals surface area contributed by atoms with E-state index in [0.29, 0.717) is 6.04 Å². The molecule has 1 aliphatic carbocycles. The molecule has 0 aromatic heterocycles. The third kappa shape index (κ3) is 4.49. The minimum Gasteiger partial charge on any atom is -0.379 e. The topological polar surface area (TPSA) is 24.5 Å². The normalized spacial score (nSPS) is 25.4. The van der Waals surface area contributed by atoms with E-state index < -0.39 is 0 Å². The van der Waals surface area contributed by atoms with Gasteiger partial charge in [-0.05, 0) is 19.3 Å². The maximum Gasteiger partial charge on any atom is 0.0594 e. The zero-order valence-corrected chi connectivity index (χ0v) is 9.87. The number of hydrogen-bond acceptors (Lipinski definition) is 3. The molecule has 3 heteroatoms. The van der Waals surface area contributed by atoms with Gasteiger partial charge in [0, 0.05) is 32.2 Å². The highest BCUT2D eigenvalue weighted by atomic mass is 16.5. The van der Waals surface area contributed by atoms with Gasteiger partial charge in [-0.1, -0.05) is 12.8 Å². The van der Waals surface area contributed by atoms with E-state index in [1.807, 2.05) is 0 Å². The lowest BCUT2D eigenvalue weighted by Crippen LogP contribution is -2.41. The van der Waals surface area contributed by atoms with Crippen molar-refractivity contribution in [2.45, 2.75) is 32.2 Å². The summed E-state index contributed by atoms with van der Waals surface area (Å²) in [6.45, 7) is 8.68. The van der Waals surface area contributed by atoms with Crippen LogP contribution in [0.15, 0.2) is 0 Å². The molecule has 0 aromatic carbocycles. The van der Waals surface area contributed by atoms with E-state index in [2.05, 4.69) is 17.1 Å². The van der Waals surface area contributed by atoms with Crippen molar-refractivity contribution in [3.05, 3.63) is 0 Å². The van der Waals surface area contributed by atoms with Crippen LogP contribution in [0.4, 0.5) is 0 Å². The van der Waals surface area contributed by atoms with Crippen LogP contribution in [-0.4, -0.2) is 50.3 Å². The van der Waals surface area contributed by atoms with Crippen LogP contribution in [0.3, 0.4) is 0 Å². The molecule has 0 amide bonds. The quantitative estimate of drug-likeness (QED) is 0.713. The molecule has 1 unspecified atom stereocenters. The first-order chi connectivity index (χ1) is 7.34. The van der Waals surface area contributed by atoms with Crippen molar-refractivity contribution in [3.8, 4) is 0 Å². The van der Waals surface area contributed by atoms with Gasteiger partial charge in [-0.15, -0.1) is 0 Å². The van der Waals surface area contributed by atoms with Crippen molar-refractivity contribution in [1.82, 2.24) is 10.2 Å². The maximum atomic E-state index is 5.33. The Bertz CT molecular complexity index is 176. The first-order valence-corrected chi connectivity index (χ1v) is 6.38. The summed E-state index contributed by atoms with van der Waals surface area (Å²) in [7, 11) is 0. The van der Waals surface area contributed by atoms with Crippen LogP contribution in [0.1, 0.15) is 26.2 Å². The van der Waals surface area contributed by atoms with Crippen molar-refractivity contribution in [3.63, 3.8) is 0 Å². The first kappa shape index (κ1) is 11.4. The van der Waals surface area contributed by atoms with E-state index in [4.69, 9.17) is 4.74 Å². The molecule has 0 radical (unpaired) electrons. The molecule has 3 nitrogen and oxygen atoms in total. The van der Waals surface area contributed by atoms with Crippen molar-refractivity contribution in [1.29, 1.82) is 0 Å². The SMILES string of the molecule is CC(CC1CC1)NCCN1CCOCC1. The monoisotopic (exact) mass is 212 g/mol. The first-order valence-electron chi connectivity index (χ1n) is 6.38. The molecule has 0 bridgehead atoms. The van der Waals surface area contributed by atoms with Gasteiger partial charge in [0.15, 0.2) is 0 Å². The minimum atomic E-state index is 0.707. The molecule has 0 aromatic rings. The summed E-state index contributed by atoms with van der Waals surface area (Å²) in [5.74, 6) is 1.04. The Kier molecular flexibility index (Phi) is 4.42. The Morgan fingerprint density at radius 2 is 2.07 bits per heavy atom. The Labute approximate surface area is 93.2 Å². The van der Waals surface area contributed by atoms with Crippen molar-refractivity contribution < 1.29 is 4.74 Å². The summed E-state index contributed by atoms with van der Waals surface area (Å²) in [6, 6.07) is 0.707. The Hall–Kier alpha value is -0.120. The Balaban J connectivity index is 1.49. The molecule has 1 saturated carbocycles. The van der Waals surface area contributed by atoms with Crippen LogP contribution in [0, 0.1) is 5.92 Å². The highest BCUT2D eigenvalue weighted by Gasteiger charge is 2.23. The van der Waals surface area contributed by atoms with Crippen LogP contribution in [0.2, 0.25) is 0 Å². The Morgan fingerprint density at radius 3 is 2.73 bits per heavy atom. The fourth-order valence-corrected chi connectivity index (χ4v) is 2.23. The molecule has 2 aliphatic rings. The molecule has 88 valence electrons. The van der Waals surface area contributed by atoms with Gasteiger partial charge in [-0.25, -0.2) is 0 Å². The third-order valence-electron chi connectivity index (χ3n) is 3.41. The summed E-state index contributed by atoms with van der Waals surface area (Å²) in [4.78, 5) is 2.49. The number of hydrogen-bond donors (Lipinski definition) is 1. The molecule has 0 spiro atoms. The molecular weight excluding hydrogens is 188 g/mol. The lowest BCUT2D eigenvalue weighted by molar-refractivity contribution is 0.0381. The van der Waals surface area contributed by atoms with Crippen LogP contribution in [0.5, 0.6) is 0 Å². The molecule has 1 atom stereocenters. The molecule has 1 N–H and O–H groups in total. The van der Waals surface area contributed by atoms with Gasteiger partial charge in [-0.3, -0.25) is 4.90 Å². The van der Waals surface area contributed by atoms with Crippen LogP contribution < -0.4 is 5.32 Å². The van der Waals surface area contributed by atoms with E-state index >= 15 is 0 Å². The average Bonchev–Trinajstić information content (AvgIpc) is 3.03. The van der Waals surface area contributed by atoms with Gasteiger partial charge in [-0.2, -0.15) is 0 Å². The van der Waals surface area contributed by atoms with Crippen LogP contribution >= 0.6 is 0 Å². The smallest absolute Gasteiger partial charge is 0.0594 e. The van der Waals surface area contributed by atoms with Crippen molar-refractivity contribution in [2.24, 2.45) is 5.92 Å². The summed E-state index contributed by atoms with van der Waals surface area (Å²) in [6.07, 6.45) is 4.31. The number of rotatable bonds is 6. The standard InChI is InChI=1S/C12H24N2O/c1-11(10-12-2-3-12)13-4-5-14-6-8-15-9-7-14/h11-13H,2-10H2,1H3. The number of nitrogens with zero attached hydrogens (tertiary/aromatic N) is 1. The van der Waals surface area contributed by atoms with E-state index in [9.17, 15) is 0 Å². The maximum absolute atomic E-state index is 5.33. The second-order valence-corrected chi connectivity index (χ2v) is 4.99. The van der Waals surface area contributed by atoms with Gasteiger partial charge in [0.1, 0.15) is 0 Å². The molecule has 2 rings (SSSR count). The molecular formula is C12H24N2O. The van der Waals surface area contributed by atoms with E-state index in [1.54, 1.807) is 0 Å². The molecule has 15 heavy (non-hydrogen) atoms. The van der Waals surface area contributed by atoms with E-state index in [0.717, 1.165) is 38.8 Å². The molecule has 1 aliphatic heterocycles. The molecule has 1 saturated heterocycles. The number of morpholine rings is 1. The summed E-state index contributed by atoms with van der Waals surface area (Å²) < 4.78 is 5.33. The molecule has 2 fully saturated rings. The molecule has 1 heterocycles. The second kappa shape index (κ2) is 5.83. The van der Waals surface area contributed by atoms with Crippen molar-refractivity contribution in [2.75, 3.05) is 39.4 Å².